The molecule has 0 N–H and O–H groups in total. The molecule has 0 aromatic heterocycles. The van der Waals surface area contributed by atoms with E-state index >= 15 is 0 Å². The van der Waals surface area contributed by atoms with Gasteiger partial charge < -0.3 is 9.57 Å². The van der Waals surface area contributed by atoms with Gasteiger partial charge in [0.2, 0.25) is 5.60 Å². The van der Waals surface area contributed by atoms with Crippen LogP contribution in [-0.4, -0.2) is 18.4 Å². The maximum absolute atomic E-state index is 5.57. The number of hydrogen-bond donors (Lipinski definition) is 0. The zero-order chi connectivity index (χ0) is 10.2. The van der Waals surface area contributed by atoms with Crippen molar-refractivity contribution in [1.82, 2.24) is 0 Å². The van der Waals surface area contributed by atoms with Gasteiger partial charge in [0.15, 0.2) is 0 Å². The largest absolute Gasteiger partial charge is 0.497 e. The Morgan fingerprint density at radius 2 is 2.43 bits per heavy atom. The molecule has 0 spiro atoms. The van der Waals surface area contributed by atoms with E-state index in [1.54, 1.807) is 7.11 Å². The van der Waals surface area contributed by atoms with Crippen LogP contribution in [0.15, 0.2) is 17.5 Å². The monoisotopic (exact) mass is 195 g/mol. The molecular formula is C11H17NO2. The maximum atomic E-state index is 5.57. The fourth-order valence-electron chi connectivity index (χ4n) is 2.57. The first-order chi connectivity index (χ1) is 6.70. The lowest BCUT2D eigenvalue weighted by atomic mass is 9.73. The van der Waals surface area contributed by atoms with Gasteiger partial charge in [-0.1, -0.05) is 18.2 Å². The van der Waals surface area contributed by atoms with Gasteiger partial charge in [0, 0.05) is 0 Å². The number of oxime groups is 1. The first-order valence-electron chi connectivity index (χ1n) is 5.17. The van der Waals surface area contributed by atoms with Crippen LogP contribution in [0.25, 0.3) is 0 Å². The normalized spacial score (nSPS) is 35.6. The molecule has 0 radical (unpaired) electrons. The summed E-state index contributed by atoms with van der Waals surface area (Å²) in [5.41, 5.74) is 0.736. The smallest absolute Gasteiger partial charge is 0.201 e. The highest BCUT2D eigenvalue weighted by molar-refractivity contribution is 5.87. The number of nitrogens with zero attached hydrogens (tertiary/aromatic N) is 1. The molecule has 0 amide bonds. The third kappa shape index (κ3) is 1.15. The minimum Gasteiger partial charge on any atom is -0.497 e. The molecule has 0 saturated heterocycles. The van der Waals surface area contributed by atoms with Crippen molar-refractivity contribution in [1.29, 1.82) is 0 Å². The molecule has 14 heavy (non-hydrogen) atoms. The van der Waals surface area contributed by atoms with Crippen molar-refractivity contribution in [3.63, 3.8) is 0 Å². The van der Waals surface area contributed by atoms with Gasteiger partial charge in [0.05, 0.1) is 18.7 Å². The average Bonchev–Trinajstić information content (AvgIpc) is 2.57. The highest BCUT2D eigenvalue weighted by Crippen LogP contribution is 2.45. The van der Waals surface area contributed by atoms with Crippen molar-refractivity contribution in [2.24, 2.45) is 11.1 Å². The van der Waals surface area contributed by atoms with Crippen LogP contribution in [-0.2, 0) is 9.57 Å². The molecule has 2 aliphatic rings. The number of rotatable bonds is 2. The minimum atomic E-state index is -0.350. The standard InChI is InChI=1S/C11H17NO2/c1-8-10-6-4-5-7-11(10,14-12-8)9(2)13-3/h10H,2,4-7H2,1,3H3. The van der Waals surface area contributed by atoms with Gasteiger partial charge in [-0.25, -0.2) is 0 Å². The highest BCUT2D eigenvalue weighted by Gasteiger charge is 2.51. The number of ether oxygens (including phenoxy) is 1. The zero-order valence-electron chi connectivity index (χ0n) is 8.88. The van der Waals surface area contributed by atoms with Crippen molar-refractivity contribution in [3.8, 4) is 0 Å². The van der Waals surface area contributed by atoms with Crippen LogP contribution in [0.4, 0.5) is 0 Å². The van der Waals surface area contributed by atoms with E-state index in [1.807, 2.05) is 6.92 Å². The van der Waals surface area contributed by atoms with Gasteiger partial charge >= 0.3 is 0 Å². The molecule has 3 nitrogen and oxygen atoms in total. The van der Waals surface area contributed by atoms with E-state index in [-0.39, 0.29) is 5.60 Å². The van der Waals surface area contributed by atoms with E-state index in [4.69, 9.17) is 9.57 Å². The topological polar surface area (TPSA) is 30.8 Å². The Hall–Kier alpha value is -0.990. The summed E-state index contributed by atoms with van der Waals surface area (Å²) in [7, 11) is 1.65. The van der Waals surface area contributed by atoms with E-state index < -0.39 is 0 Å². The van der Waals surface area contributed by atoms with E-state index in [9.17, 15) is 0 Å². The number of hydrogen-bond acceptors (Lipinski definition) is 3. The van der Waals surface area contributed by atoms with Gasteiger partial charge in [-0.05, 0) is 26.2 Å². The van der Waals surface area contributed by atoms with Crippen LogP contribution in [0.1, 0.15) is 32.6 Å². The maximum Gasteiger partial charge on any atom is 0.201 e. The summed E-state index contributed by atoms with van der Waals surface area (Å²) >= 11 is 0. The van der Waals surface area contributed by atoms with Gasteiger partial charge in [-0.2, -0.15) is 0 Å². The van der Waals surface area contributed by atoms with Crippen LogP contribution < -0.4 is 0 Å². The predicted octanol–water partition coefficient (Wildman–Crippen LogP) is 2.48. The molecule has 78 valence electrons. The molecule has 1 fully saturated rings. The molecule has 0 aromatic carbocycles. The van der Waals surface area contributed by atoms with E-state index in [0.29, 0.717) is 5.92 Å². The lowest BCUT2D eigenvalue weighted by molar-refractivity contribution is -0.0677. The third-order valence-electron chi connectivity index (χ3n) is 3.43. The zero-order valence-corrected chi connectivity index (χ0v) is 8.88. The molecule has 2 unspecified atom stereocenters. The second-order valence-corrected chi connectivity index (χ2v) is 4.14. The van der Waals surface area contributed by atoms with Crippen molar-refractivity contribution < 1.29 is 9.57 Å². The SMILES string of the molecule is C=C(OC)C12CCCCC1C(C)=NO2. The quantitative estimate of drug-likeness (QED) is 0.634. The molecule has 3 heteroatoms. The summed E-state index contributed by atoms with van der Waals surface area (Å²) in [5.74, 6) is 1.10. The number of methoxy groups -OCH3 is 1. The lowest BCUT2D eigenvalue weighted by Crippen LogP contribution is -2.43. The van der Waals surface area contributed by atoms with Crippen molar-refractivity contribution in [2.45, 2.75) is 38.2 Å². The van der Waals surface area contributed by atoms with Crippen LogP contribution in [0.2, 0.25) is 0 Å². The lowest BCUT2D eigenvalue weighted by Gasteiger charge is -2.36. The molecular weight excluding hydrogens is 178 g/mol. The molecule has 1 aliphatic carbocycles. The summed E-state index contributed by atoms with van der Waals surface area (Å²) < 4.78 is 5.25. The number of fused-ring (bicyclic) bond motifs is 1. The van der Waals surface area contributed by atoms with E-state index in [1.165, 1.54) is 12.8 Å². The first-order valence-corrected chi connectivity index (χ1v) is 5.17. The molecule has 0 bridgehead atoms. The molecule has 1 heterocycles. The molecule has 0 aromatic rings. The highest BCUT2D eigenvalue weighted by atomic mass is 16.7. The Morgan fingerprint density at radius 1 is 1.64 bits per heavy atom. The summed E-state index contributed by atoms with van der Waals surface area (Å²) in [5, 5.41) is 4.10. The summed E-state index contributed by atoms with van der Waals surface area (Å²) in [6, 6.07) is 0. The molecule has 1 saturated carbocycles. The second kappa shape index (κ2) is 3.30. The Kier molecular flexibility index (Phi) is 2.25. The van der Waals surface area contributed by atoms with Crippen molar-refractivity contribution in [2.75, 3.05) is 7.11 Å². The van der Waals surface area contributed by atoms with Gasteiger partial charge in [-0.15, -0.1) is 0 Å². The molecule has 1 aliphatic heterocycles. The third-order valence-corrected chi connectivity index (χ3v) is 3.43. The van der Waals surface area contributed by atoms with Gasteiger partial charge in [-0.3, -0.25) is 0 Å². The fourth-order valence-corrected chi connectivity index (χ4v) is 2.57. The molecule has 2 rings (SSSR count). The summed E-state index contributed by atoms with van der Waals surface area (Å²) in [6.07, 6.45) is 4.53. The Morgan fingerprint density at radius 3 is 3.14 bits per heavy atom. The van der Waals surface area contributed by atoms with Crippen LogP contribution >= 0.6 is 0 Å². The summed E-state index contributed by atoms with van der Waals surface area (Å²) in [4.78, 5) is 5.57. The van der Waals surface area contributed by atoms with E-state index in [0.717, 1.165) is 24.3 Å². The fraction of sp³-hybridized carbons (Fsp3) is 0.727. The van der Waals surface area contributed by atoms with Gasteiger partial charge in [0.1, 0.15) is 5.76 Å². The Bertz CT molecular complexity index is 285. The van der Waals surface area contributed by atoms with Crippen molar-refractivity contribution >= 4 is 5.71 Å². The Balaban J connectivity index is 2.28. The van der Waals surface area contributed by atoms with Crippen molar-refractivity contribution in [3.05, 3.63) is 12.3 Å². The predicted molar refractivity (Wildman–Crippen MR) is 55.0 cm³/mol. The average molecular weight is 195 g/mol. The summed E-state index contributed by atoms with van der Waals surface area (Å²) in [6.45, 7) is 5.97. The van der Waals surface area contributed by atoms with E-state index in [2.05, 4.69) is 11.7 Å². The minimum absolute atomic E-state index is 0.350. The van der Waals surface area contributed by atoms with Crippen LogP contribution in [0.5, 0.6) is 0 Å². The Labute approximate surface area is 84.8 Å². The second-order valence-electron chi connectivity index (χ2n) is 4.14. The van der Waals surface area contributed by atoms with Crippen LogP contribution in [0, 0.1) is 5.92 Å². The first kappa shape index (κ1) is 9.56. The molecule has 2 atom stereocenters. The van der Waals surface area contributed by atoms with Crippen LogP contribution in [0.3, 0.4) is 0 Å². The van der Waals surface area contributed by atoms with Gasteiger partial charge in [0.25, 0.3) is 0 Å².